The molecule has 0 saturated heterocycles. The highest BCUT2D eigenvalue weighted by molar-refractivity contribution is 5.58. The monoisotopic (exact) mass is 261 g/mol. The van der Waals surface area contributed by atoms with E-state index in [4.69, 9.17) is 4.74 Å². The van der Waals surface area contributed by atoms with Gasteiger partial charge in [-0.15, -0.1) is 0 Å². The van der Waals surface area contributed by atoms with Crippen LogP contribution in [0.1, 0.15) is 51.5 Å². The van der Waals surface area contributed by atoms with E-state index in [9.17, 15) is 0 Å². The highest BCUT2D eigenvalue weighted by Gasteiger charge is 2.20. The zero-order valence-corrected chi connectivity index (χ0v) is 12.5. The van der Waals surface area contributed by atoms with Gasteiger partial charge in [0.05, 0.1) is 12.3 Å². The van der Waals surface area contributed by atoms with Crippen LogP contribution in [-0.4, -0.2) is 12.6 Å². The van der Waals surface area contributed by atoms with Crippen molar-refractivity contribution in [2.75, 3.05) is 11.9 Å². The van der Waals surface area contributed by atoms with Gasteiger partial charge in [0.1, 0.15) is 5.75 Å². The number of hydrogen-bond acceptors (Lipinski definition) is 2. The van der Waals surface area contributed by atoms with Crippen molar-refractivity contribution in [2.24, 2.45) is 5.92 Å². The maximum Gasteiger partial charge on any atom is 0.142 e. The fourth-order valence-corrected chi connectivity index (χ4v) is 2.96. The van der Waals surface area contributed by atoms with Crippen molar-refractivity contribution in [1.29, 1.82) is 0 Å². The SMILES string of the molecule is CCOc1cc(C)ccc1NC1CCC(CC)CC1. The third-order valence-corrected chi connectivity index (χ3v) is 4.22. The smallest absolute Gasteiger partial charge is 0.142 e. The van der Waals surface area contributed by atoms with Gasteiger partial charge < -0.3 is 10.1 Å². The van der Waals surface area contributed by atoms with E-state index < -0.39 is 0 Å². The minimum Gasteiger partial charge on any atom is -0.492 e. The van der Waals surface area contributed by atoms with Crippen molar-refractivity contribution in [3.05, 3.63) is 23.8 Å². The third kappa shape index (κ3) is 3.89. The zero-order chi connectivity index (χ0) is 13.7. The summed E-state index contributed by atoms with van der Waals surface area (Å²) in [4.78, 5) is 0. The quantitative estimate of drug-likeness (QED) is 0.824. The van der Waals surface area contributed by atoms with Crippen LogP contribution in [0.15, 0.2) is 18.2 Å². The first-order chi connectivity index (χ1) is 9.22. The molecule has 1 fully saturated rings. The number of aryl methyl sites for hydroxylation is 1. The van der Waals surface area contributed by atoms with Crippen molar-refractivity contribution in [1.82, 2.24) is 0 Å². The lowest BCUT2D eigenvalue weighted by atomic mass is 9.84. The van der Waals surface area contributed by atoms with Gasteiger partial charge in [-0.1, -0.05) is 19.4 Å². The van der Waals surface area contributed by atoms with Crippen molar-refractivity contribution < 1.29 is 4.74 Å². The second-order valence-corrected chi connectivity index (χ2v) is 5.70. The summed E-state index contributed by atoms with van der Waals surface area (Å²) >= 11 is 0. The van der Waals surface area contributed by atoms with E-state index in [1.807, 2.05) is 6.92 Å². The molecule has 19 heavy (non-hydrogen) atoms. The molecule has 0 atom stereocenters. The van der Waals surface area contributed by atoms with Crippen molar-refractivity contribution >= 4 is 5.69 Å². The molecule has 1 aromatic rings. The Kier molecular flexibility index (Phi) is 5.12. The van der Waals surface area contributed by atoms with Gasteiger partial charge in [-0.25, -0.2) is 0 Å². The first-order valence-corrected chi connectivity index (χ1v) is 7.72. The molecule has 2 rings (SSSR count). The highest BCUT2D eigenvalue weighted by Crippen LogP contribution is 2.32. The topological polar surface area (TPSA) is 21.3 Å². The summed E-state index contributed by atoms with van der Waals surface area (Å²) in [5, 5.41) is 3.68. The first-order valence-electron chi connectivity index (χ1n) is 7.72. The fourth-order valence-electron chi connectivity index (χ4n) is 2.96. The third-order valence-electron chi connectivity index (χ3n) is 4.22. The number of ether oxygens (including phenoxy) is 1. The van der Waals surface area contributed by atoms with E-state index >= 15 is 0 Å². The summed E-state index contributed by atoms with van der Waals surface area (Å²) in [7, 11) is 0. The van der Waals surface area contributed by atoms with E-state index in [0.717, 1.165) is 24.0 Å². The lowest BCUT2D eigenvalue weighted by Crippen LogP contribution is -2.26. The summed E-state index contributed by atoms with van der Waals surface area (Å²) in [6.45, 7) is 7.18. The predicted octanol–water partition coefficient (Wildman–Crippen LogP) is 4.77. The largest absolute Gasteiger partial charge is 0.492 e. The first kappa shape index (κ1) is 14.2. The van der Waals surface area contributed by atoms with E-state index in [0.29, 0.717) is 6.04 Å². The minimum atomic E-state index is 0.615. The van der Waals surface area contributed by atoms with Crippen LogP contribution in [0.2, 0.25) is 0 Å². The Balaban J connectivity index is 1.99. The number of hydrogen-bond donors (Lipinski definition) is 1. The Morgan fingerprint density at radius 1 is 1.16 bits per heavy atom. The fraction of sp³-hybridized carbons (Fsp3) is 0.647. The number of benzene rings is 1. The molecule has 0 unspecified atom stereocenters. The summed E-state index contributed by atoms with van der Waals surface area (Å²) in [6.07, 6.45) is 6.64. The van der Waals surface area contributed by atoms with Gasteiger partial charge in [-0.3, -0.25) is 0 Å². The highest BCUT2D eigenvalue weighted by atomic mass is 16.5. The summed E-state index contributed by atoms with van der Waals surface area (Å²) in [5.74, 6) is 1.95. The van der Waals surface area contributed by atoms with Crippen molar-refractivity contribution in [3.8, 4) is 5.75 Å². The van der Waals surface area contributed by atoms with Gasteiger partial charge in [-0.2, -0.15) is 0 Å². The molecular weight excluding hydrogens is 234 g/mol. The molecule has 1 aliphatic rings. The molecule has 0 heterocycles. The summed E-state index contributed by atoms with van der Waals surface area (Å²) in [5.41, 5.74) is 2.41. The van der Waals surface area contributed by atoms with E-state index in [-0.39, 0.29) is 0 Å². The molecule has 0 aromatic heterocycles. The molecular formula is C17H27NO. The standard InChI is InChI=1S/C17H27NO/c1-4-14-7-9-15(10-8-14)18-16-11-6-13(3)12-17(16)19-5-2/h6,11-12,14-15,18H,4-5,7-10H2,1-3H3. The Bertz CT molecular complexity index is 394. The van der Waals surface area contributed by atoms with Crippen LogP contribution in [-0.2, 0) is 0 Å². The van der Waals surface area contributed by atoms with Crippen LogP contribution >= 0.6 is 0 Å². The molecule has 1 N–H and O–H groups in total. The van der Waals surface area contributed by atoms with E-state index in [1.165, 1.54) is 37.7 Å². The number of nitrogens with one attached hydrogen (secondary N) is 1. The van der Waals surface area contributed by atoms with E-state index in [2.05, 4.69) is 37.4 Å². The van der Waals surface area contributed by atoms with Gasteiger partial charge in [0.25, 0.3) is 0 Å². The van der Waals surface area contributed by atoms with Crippen LogP contribution in [0.3, 0.4) is 0 Å². The average Bonchev–Trinajstić information content (AvgIpc) is 2.43. The van der Waals surface area contributed by atoms with Gasteiger partial charge in [0.15, 0.2) is 0 Å². The van der Waals surface area contributed by atoms with Crippen LogP contribution < -0.4 is 10.1 Å². The van der Waals surface area contributed by atoms with E-state index in [1.54, 1.807) is 0 Å². The lowest BCUT2D eigenvalue weighted by Gasteiger charge is -2.29. The molecule has 2 heteroatoms. The van der Waals surface area contributed by atoms with Crippen molar-refractivity contribution in [3.63, 3.8) is 0 Å². The lowest BCUT2D eigenvalue weighted by molar-refractivity contribution is 0.325. The normalized spacial score (nSPS) is 23.1. The summed E-state index contributed by atoms with van der Waals surface area (Å²) < 4.78 is 5.74. The molecule has 1 aromatic carbocycles. The molecule has 1 saturated carbocycles. The second kappa shape index (κ2) is 6.83. The predicted molar refractivity (Wildman–Crippen MR) is 82.0 cm³/mol. The molecule has 0 bridgehead atoms. The van der Waals surface area contributed by atoms with Crippen LogP contribution in [0.4, 0.5) is 5.69 Å². The maximum atomic E-state index is 5.74. The van der Waals surface area contributed by atoms with Crippen LogP contribution in [0, 0.1) is 12.8 Å². The molecule has 0 aliphatic heterocycles. The number of anilines is 1. The van der Waals surface area contributed by atoms with Gasteiger partial charge >= 0.3 is 0 Å². The van der Waals surface area contributed by atoms with Gasteiger partial charge in [0, 0.05) is 6.04 Å². The van der Waals surface area contributed by atoms with Crippen molar-refractivity contribution in [2.45, 2.75) is 58.9 Å². The van der Waals surface area contributed by atoms with Crippen LogP contribution in [0.25, 0.3) is 0 Å². The summed E-state index contributed by atoms with van der Waals surface area (Å²) in [6, 6.07) is 7.06. The molecule has 106 valence electrons. The van der Waals surface area contributed by atoms with Gasteiger partial charge in [-0.05, 0) is 63.1 Å². The minimum absolute atomic E-state index is 0.615. The Labute approximate surface area is 117 Å². The molecule has 1 aliphatic carbocycles. The molecule has 0 radical (unpaired) electrons. The Hall–Kier alpha value is -1.18. The Morgan fingerprint density at radius 3 is 2.53 bits per heavy atom. The Morgan fingerprint density at radius 2 is 1.89 bits per heavy atom. The second-order valence-electron chi connectivity index (χ2n) is 5.70. The van der Waals surface area contributed by atoms with Gasteiger partial charge in [0.2, 0.25) is 0 Å². The molecule has 0 amide bonds. The average molecular weight is 261 g/mol. The maximum absolute atomic E-state index is 5.74. The number of rotatable bonds is 5. The van der Waals surface area contributed by atoms with Crippen LogP contribution in [0.5, 0.6) is 5.75 Å². The zero-order valence-electron chi connectivity index (χ0n) is 12.5. The molecule has 2 nitrogen and oxygen atoms in total. The molecule has 0 spiro atoms.